The summed E-state index contributed by atoms with van der Waals surface area (Å²) in [5, 5.41) is 2.72. The third-order valence-corrected chi connectivity index (χ3v) is 2.99. The van der Waals surface area contributed by atoms with Crippen LogP contribution >= 0.6 is 0 Å². The molecule has 2 aromatic rings. The number of carbonyl (C=O) groups excluding carboxylic acids is 1. The Morgan fingerprint density at radius 2 is 2.19 bits per heavy atom. The Bertz CT molecular complexity index is 785. The third kappa shape index (κ3) is 3.57. The summed E-state index contributed by atoms with van der Waals surface area (Å²) in [5.41, 5.74) is 1.92. The summed E-state index contributed by atoms with van der Waals surface area (Å²) >= 11 is 0. The van der Waals surface area contributed by atoms with Crippen LogP contribution < -0.4 is 10.9 Å². The third-order valence-electron chi connectivity index (χ3n) is 2.99. The molecule has 1 aromatic carbocycles. The highest BCUT2D eigenvalue weighted by atomic mass is 16.2. The number of terminal acetylenes is 1. The summed E-state index contributed by atoms with van der Waals surface area (Å²) < 4.78 is 0. The zero-order chi connectivity index (χ0) is 15.4. The average molecular weight is 281 g/mol. The van der Waals surface area contributed by atoms with Gasteiger partial charge in [0.05, 0.1) is 6.42 Å². The number of benzene rings is 1. The Balaban J connectivity index is 2.16. The topological polar surface area (TPSA) is 74.8 Å². The number of nitrogens with zero attached hydrogens (tertiary/aromatic N) is 1. The summed E-state index contributed by atoms with van der Waals surface area (Å²) in [7, 11) is 0. The predicted octanol–water partition coefficient (Wildman–Crippen LogP) is 1.55. The molecule has 0 unspecified atom stereocenters. The van der Waals surface area contributed by atoms with Crippen molar-refractivity contribution >= 4 is 11.6 Å². The molecule has 21 heavy (non-hydrogen) atoms. The number of aryl methyl sites for hydroxylation is 2. The van der Waals surface area contributed by atoms with Gasteiger partial charge in [-0.1, -0.05) is 12.0 Å². The molecule has 2 rings (SSSR count). The van der Waals surface area contributed by atoms with E-state index in [1.807, 2.05) is 0 Å². The molecule has 1 heterocycles. The maximum absolute atomic E-state index is 12.0. The van der Waals surface area contributed by atoms with E-state index in [1.54, 1.807) is 38.1 Å². The Morgan fingerprint density at radius 1 is 1.43 bits per heavy atom. The molecule has 0 saturated carbocycles. The molecular weight excluding hydrogens is 266 g/mol. The molecule has 1 aromatic heterocycles. The lowest BCUT2D eigenvalue weighted by Gasteiger charge is -2.07. The number of H-pyrrole nitrogens is 1. The van der Waals surface area contributed by atoms with Gasteiger partial charge in [-0.2, -0.15) is 0 Å². The van der Waals surface area contributed by atoms with Gasteiger partial charge in [0.1, 0.15) is 5.82 Å². The highest BCUT2D eigenvalue weighted by Crippen LogP contribution is 2.10. The van der Waals surface area contributed by atoms with Crippen LogP contribution in [-0.2, 0) is 11.2 Å². The molecule has 0 aliphatic heterocycles. The second-order valence-electron chi connectivity index (χ2n) is 4.67. The predicted molar refractivity (Wildman–Crippen MR) is 81.0 cm³/mol. The van der Waals surface area contributed by atoms with Gasteiger partial charge in [0.2, 0.25) is 5.91 Å². The second-order valence-corrected chi connectivity index (χ2v) is 4.67. The lowest BCUT2D eigenvalue weighted by atomic mass is 10.1. The standard InChI is InChI=1S/C16H15N3O2/c1-4-12-6-5-7-13(8-12)19-15(20)9-14-10(2)17-11(3)18-16(14)21/h1,5-8H,9H2,2-3H3,(H,19,20)(H,17,18,21). The van der Waals surface area contributed by atoms with E-state index in [4.69, 9.17) is 6.42 Å². The molecule has 0 aliphatic rings. The van der Waals surface area contributed by atoms with E-state index in [1.165, 1.54) is 0 Å². The van der Waals surface area contributed by atoms with E-state index >= 15 is 0 Å². The van der Waals surface area contributed by atoms with Crippen molar-refractivity contribution in [3.8, 4) is 12.3 Å². The Morgan fingerprint density at radius 3 is 2.86 bits per heavy atom. The van der Waals surface area contributed by atoms with E-state index in [9.17, 15) is 9.59 Å². The molecule has 106 valence electrons. The zero-order valence-corrected chi connectivity index (χ0v) is 11.9. The molecule has 0 radical (unpaired) electrons. The minimum atomic E-state index is -0.288. The molecule has 5 heteroatoms. The Hall–Kier alpha value is -2.87. The number of aromatic amines is 1. The van der Waals surface area contributed by atoms with Gasteiger partial charge in [-0.25, -0.2) is 4.98 Å². The van der Waals surface area contributed by atoms with Crippen molar-refractivity contribution in [3.63, 3.8) is 0 Å². The van der Waals surface area contributed by atoms with Gasteiger partial charge >= 0.3 is 0 Å². The maximum atomic E-state index is 12.0. The molecule has 0 saturated heterocycles. The molecule has 2 N–H and O–H groups in total. The molecular formula is C16H15N3O2. The van der Waals surface area contributed by atoms with Gasteiger partial charge < -0.3 is 10.3 Å². The second kappa shape index (κ2) is 6.06. The normalized spacial score (nSPS) is 9.95. The van der Waals surface area contributed by atoms with Gasteiger partial charge in [0.25, 0.3) is 5.56 Å². The fourth-order valence-electron chi connectivity index (χ4n) is 2.01. The highest BCUT2D eigenvalue weighted by Gasteiger charge is 2.12. The summed E-state index contributed by atoms with van der Waals surface area (Å²) in [6.07, 6.45) is 5.28. The maximum Gasteiger partial charge on any atom is 0.254 e. The van der Waals surface area contributed by atoms with Crippen LogP contribution in [0.15, 0.2) is 29.1 Å². The Labute approximate surface area is 122 Å². The monoisotopic (exact) mass is 281 g/mol. The molecule has 0 aliphatic carbocycles. The number of aromatic nitrogens is 2. The fraction of sp³-hybridized carbons (Fsp3) is 0.188. The molecule has 0 atom stereocenters. The van der Waals surface area contributed by atoms with Crippen LogP contribution in [0.3, 0.4) is 0 Å². The van der Waals surface area contributed by atoms with Crippen LogP contribution in [0.4, 0.5) is 5.69 Å². The summed E-state index contributed by atoms with van der Waals surface area (Å²) in [6, 6.07) is 6.97. The molecule has 1 amide bonds. The first-order valence-corrected chi connectivity index (χ1v) is 6.42. The van der Waals surface area contributed by atoms with Crippen molar-refractivity contribution in [3.05, 3.63) is 57.3 Å². The summed E-state index contributed by atoms with van der Waals surface area (Å²) in [6.45, 7) is 3.41. The van der Waals surface area contributed by atoms with Crippen molar-refractivity contribution in [2.75, 3.05) is 5.32 Å². The van der Waals surface area contributed by atoms with E-state index in [0.29, 0.717) is 28.3 Å². The van der Waals surface area contributed by atoms with E-state index in [2.05, 4.69) is 21.2 Å². The highest BCUT2D eigenvalue weighted by molar-refractivity contribution is 5.92. The van der Waals surface area contributed by atoms with Crippen LogP contribution in [-0.4, -0.2) is 15.9 Å². The molecule has 0 spiro atoms. The number of amides is 1. The minimum Gasteiger partial charge on any atom is -0.326 e. The SMILES string of the molecule is C#Cc1cccc(NC(=O)Cc2c(C)nc(C)[nH]c2=O)c1. The molecule has 0 bridgehead atoms. The molecule has 5 nitrogen and oxygen atoms in total. The number of carbonyl (C=O) groups is 1. The van der Waals surface area contributed by atoms with Crippen molar-refractivity contribution in [2.45, 2.75) is 20.3 Å². The lowest BCUT2D eigenvalue weighted by molar-refractivity contribution is -0.115. The van der Waals surface area contributed by atoms with Crippen molar-refractivity contribution in [1.29, 1.82) is 0 Å². The van der Waals surface area contributed by atoms with Gasteiger partial charge in [0, 0.05) is 22.5 Å². The van der Waals surface area contributed by atoms with Gasteiger partial charge in [-0.3, -0.25) is 9.59 Å². The van der Waals surface area contributed by atoms with E-state index in [0.717, 1.165) is 0 Å². The van der Waals surface area contributed by atoms with Crippen LogP contribution in [0.5, 0.6) is 0 Å². The van der Waals surface area contributed by atoms with Crippen LogP contribution in [0, 0.1) is 26.2 Å². The first-order valence-electron chi connectivity index (χ1n) is 6.42. The summed E-state index contributed by atoms with van der Waals surface area (Å²) in [4.78, 5) is 30.6. The number of rotatable bonds is 3. The number of hydrogen-bond acceptors (Lipinski definition) is 3. The number of nitrogens with one attached hydrogen (secondary N) is 2. The van der Waals surface area contributed by atoms with Gasteiger partial charge in [-0.05, 0) is 32.0 Å². The van der Waals surface area contributed by atoms with Crippen LogP contribution in [0.1, 0.15) is 22.6 Å². The first kappa shape index (κ1) is 14.5. The van der Waals surface area contributed by atoms with Gasteiger partial charge in [0.15, 0.2) is 0 Å². The summed E-state index contributed by atoms with van der Waals surface area (Å²) in [5.74, 6) is 2.74. The van der Waals surface area contributed by atoms with E-state index < -0.39 is 0 Å². The smallest absolute Gasteiger partial charge is 0.254 e. The average Bonchev–Trinajstić information content (AvgIpc) is 2.43. The fourth-order valence-corrected chi connectivity index (χ4v) is 2.01. The van der Waals surface area contributed by atoms with Crippen molar-refractivity contribution in [1.82, 2.24) is 9.97 Å². The molecule has 0 fully saturated rings. The van der Waals surface area contributed by atoms with Crippen molar-refractivity contribution in [2.24, 2.45) is 0 Å². The number of anilines is 1. The first-order chi connectivity index (χ1) is 9.99. The lowest BCUT2D eigenvalue weighted by Crippen LogP contribution is -2.24. The van der Waals surface area contributed by atoms with Gasteiger partial charge in [-0.15, -0.1) is 6.42 Å². The number of hydrogen-bond donors (Lipinski definition) is 2. The zero-order valence-electron chi connectivity index (χ0n) is 11.9. The Kier molecular flexibility index (Phi) is 4.19. The van der Waals surface area contributed by atoms with Crippen LogP contribution in [0.2, 0.25) is 0 Å². The van der Waals surface area contributed by atoms with E-state index in [-0.39, 0.29) is 17.9 Å². The van der Waals surface area contributed by atoms with Crippen LogP contribution in [0.25, 0.3) is 0 Å². The van der Waals surface area contributed by atoms with Crippen molar-refractivity contribution < 1.29 is 4.79 Å². The minimum absolute atomic E-state index is 0.0330. The largest absolute Gasteiger partial charge is 0.326 e. The quantitative estimate of drug-likeness (QED) is 0.838.